The van der Waals surface area contributed by atoms with Gasteiger partial charge in [-0.3, -0.25) is 0 Å². The summed E-state index contributed by atoms with van der Waals surface area (Å²) in [6.45, 7) is 1.09. The van der Waals surface area contributed by atoms with Crippen LogP contribution in [0.2, 0.25) is 0 Å². The zero-order valence-electron chi connectivity index (χ0n) is 8.04. The van der Waals surface area contributed by atoms with Gasteiger partial charge in [0.05, 0.1) is 13.7 Å². The molecule has 0 heterocycles. The SMILES string of the molecule is COCc1ccc(CN)cc1OC. The van der Waals surface area contributed by atoms with E-state index in [4.69, 9.17) is 15.2 Å². The van der Waals surface area contributed by atoms with Crippen molar-refractivity contribution in [1.29, 1.82) is 0 Å². The number of benzene rings is 1. The van der Waals surface area contributed by atoms with Gasteiger partial charge in [0.25, 0.3) is 0 Å². The monoisotopic (exact) mass is 181 g/mol. The Kier molecular flexibility index (Phi) is 3.73. The summed E-state index contributed by atoms with van der Waals surface area (Å²) >= 11 is 0. The van der Waals surface area contributed by atoms with Gasteiger partial charge in [-0.15, -0.1) is 0 Å². The minimum absolute atomic E-state index is 0.531. The highest BCUT2D eigenvalue weighted by molar-refractivity contribution is 5.37. The Morgan fingerprint density at radius 1 is 1.31 bits per heavy atom. The van der Waals surface area contributed by atoms with Gasteiger partial charge in [-0.05, 0) is 11.6 Å². The second kappa shape index (κ2) is 4.84. The molecule has 0 saturated carbocycles. The predicted molar refractivity (Wildman–Crippen MR) is 51.6 cm³/mol. The number of ether oxygens (including phenoxy) is 2. The second-order valence-electron chi connectivity index (χ2n) is 2.78. The van der Waals surface area contributed by atoms with Crippen LogP contribution in [0.3, 0.4) is 0 Å². The largest absolute Gasteiger partial charge is 0.496 e. The summed E-state index contributed by atoms with van der Waals surface area (Å²) in [7, 11) is 3.31. The highest BCUT2D eigenvalue weighted by Gasteiger charge is 2.02. The molecule has 0 aromatic heterocycles. The third-order valence-corrected chi connectivity index (χ3v) is 1.89. The topological polar surface area (TPSA) is 44.5 Å². The van der Waals surface area contributed by atoms with Crippen molar-refractivity contribution in [2.45, 2.75) is 13.2 Å². The van der Waals surface area contributed by atoms with E-state index < -0.39 is 0 Å². The van der Waals surface area contributed by atoms with Crippen LogP contribution in [-0.4, -0.2) is 14.2 Å². The molecule has 0 bridgehead atoms. The van der Waals surface area contributed by atoms with Gasteiger partial charge < -0.3 is 15.2 Å². The summed E-state index contributed by atoms with van der Waals surface area (Å²) in [5.74, 6) is 0.838. The summed E-state index contributed by atoms with van der Waals surface area (Å²) in [6.07, 6.45) is 0. The van der Waals surface area contributed by atoms with Crippen LogP contribution < -0.4 is 10.5 Å². The molecule has 0 aliphatic rings. The fraction of sp³-hybridized carbons (Fsp3) is 0.400. The molecule has 1 aromatic rings. The number of hydrogen-bond donors (Lipinski definition) is 1. The molecule has 13 heavy (non-hydrogen) atoms. The van der Waals surface area contributed by atoms with E-state index in [1.807, 2.05) is 18.2 Å². The van der Waals surface area contributed by atoms with Crippen molar-refractivity contribution >= 4 is 0 Å². The van der Waals surface area contributed by atoms with Crippen molar-refractivity contribution in [2.75, 3.05) is 14.2 Å². The molecule has 0 atom stereocenters. The minimum Gasteiger partial charge on any atom is -0.496 e. The second-order valence-corrected chi connectivity index (χ2v) is 2.78. The van der Waals surface area contributed by atoms with Crippen LogP contribution >= 0.6 is 0 Å². The molecule has 3 heteroatoms. The number of nitrogens with two attached hydrogens (primary N) is 1. The lowest BCUT2D eigenvalue weighted by Gasteiger charge is -2.08. The molecular formula is C10H15NO2. The van der Waals surface area contributed by atoms with Crippen molar-refractivity contribution in [3.63, 3.8) is 0 Å². The molecule has 1 rings (SSSR count). The average Bonchev–Trinajstić information content (AvgIpc) is 2.19. The fourth-order valence-electron chi connectivity index (χ4n) is 1.19. The molecule has 0 unspecified atom stereocenters. The lowest BCUT2D eigenvalue weighted by Crippen LogP contribution is -1.99. The Morgan fingerprint density at radius 2 is 2.08 bits per heavy atom. The highest BCUT2D eigenvalue weighted by Crippen LogP contribution is 2.20. The normalized spacial score (nSPS) is 10.1. The molecule has 3 nitrogen and oxygen atoms in total. The summed E-state index contributed by atoms with van der Waals surface area (Å²) in [4.78, 5) is 0. The van der Waals surface area contributed by atoms with Crippen LogP contribution in [0.25, 0.3) is 0 Å². The molecule has 0 aliphatic heterocycles. The zero-order valence-corrected chi connectivity index (χ0v) is 8.04. The molecule has 0 amide bonds. The van der Waals surface area contributed by atoms with Crippen molar-refractivity contribution in [3.8, 4) is 5.75 Å². The first-order chi connectivity index (χ1) is 6.31. The number of rotatable bonds is 4. The maximum Gasteiger partial charge on any atom is 0.124 e. The van der Waals surface area contributed by atoms with Crippen LogP contribution in [0.5, 0.6) is 5.75 Å². The van der Waals surface area contributed by atoms with E-state index in [-0.39, 0.29) is 0 Å². The first kappa shape index (κ1) is 10.0. The Balaban J connectivity index is 2.93. The quantitative estimate of drug-likeness (QED) is 0.761. The fourth-order valence-corrected chi connectivity index (χ4v) is 1.19. The van der Waals surface area contributed by atoms with Gasteiger partial charge >= 0.3 is 0 Å². The van der Waals surface area contributed by atoms with Gasteiger partial charge in [-0.25, -0.2) is 0 Å². The molecule has 0 fully saturated rings. The van der Waals surface area contributed by atoms with E-state index in [0.29, 0.717) is 13.2 Å². The molecule has 72 valence electrons. The van der Waals surface area contributed by atoms with Crippen LogP contribution in [0, 0.1) is 0 Å². The summed E-state index contributed by atoms with van der Waals surface area (Å²) in [6, 6.07) is 5.90. The maximum absolute atomic E-state index is 5.51. The third-order valence-electron chi connectivity index (χ3n) is 1.89. The lowest BCUT2D eigenvalue weighted by molar-refractivity contribution is 0.181. The van der Waals surface area contributed by atoms with E-state index in [0.717, 1.165) is 16.9 Å². The van der Waals surface area contributed by atoms with Gasteiger partial charge in [0, 0.05) is 19.2 Å². The smallest absolute Gasteiger partial charge is 0.124 e. The Bertz CT molecular complexity index is 274. The van der Waals surface area contributed by atoms with Crippen LogP contribution in [0.1, 0.15) is 11.1 Å². The van der Waals surface area contributed by atoms with Gasteiger partial charge in [-0.2, -0.15) is 0 Å². The first-order valence-corrected chi connectivity index (χ1v) is 4.16. The van der Waals surface area contributed by atoms with Gasteiger partial charge in [0.15, 0.2) is 0 Å². The van der Waals surface area contributed by atoms with Crippen LogP contribution in [0.4, 0.5) is 0 Å². The van der Waals surface area contributed by atoms with E-state index >= 15 is 0 Å². The summed E-state index contributed by atoms with van der Waals surface area (Å²) < 4.78 is 10.2. The Hall–Kier alpha value is -1.06. The lowest BCUT2D eigenvalue weighted by atomic mass is 10.1. The van der Waals surface area contributed by atoms with E-state index in [9.17, 15) is 0 Å². The first-order valence-electron chi connectivity index (χ1n) is 4.16. The Labute approximate surface area is 78.5 Å². The van der Waals surface area contributed by atoms with Crippen molar-refractivity contribution in [1.82, 2.24) is 0 Å². The molecule has 1 aromatic carbocycles. The number of methoxy groups -OCH3 is 2. The minimum atomic E-state index is 0.531. The highest BCUT2D eigenvalue weighted by atomic mass is 16.5. The van der Waals surface area contributed by atoms with Gasteiger partial charge in [0.1, 0.15) is 5.75 Å². The van der Waals surface area contributed by atoms with Gasteiger partial charge in [-0.1, -0.05) is 12.1 Å². The molecule has 0 saturated heterocycles. The molecular weight excluding hydrogens is 166 g/mol. The molecule has 2 N–H and O–H groups in total. The van der Waals surface area contributed by atoms with E-state index in [2.05, 4.69) is 0 Å². The van der Waals surface area contributed by atoms with Crippen molar-refractivity contribution in [3.05, 3.63) is 29.3 Å². The van der Waals surface area contributed by atoms with Crippen molar-refractivity contribution in [2.24, 2.45) is 5.73 Å². The molecule has 0 aliphatic carbocycles. The Morgan fingerprint density at radius 3 is 2.62 bits per heavy atom. The third kappa shape index (κ3) is 2.44. The van der Waals surface area contributed by atoms with Crippen LogP contribution in [-0.2, 0) is 17.9 Å². The average molecular weight is 181 g/mol. The molecule has 0 radical (unpaired) electrons. The van der Waals surface area contributed by atoms with Gasteiger partial charge in [0.2, 0.25) is 0 Å². The van der Waals surface area contributed by atoms with E-state index in [1.54, 1.807) is 14.2 Å². The number of hydrogen-bond acceptors (Lipinski definition) is 3. The summed E-state index contributed by atoms with van der Waals surface area (Å²) in [5.41, 5.74) is 7.62. The van der Waals surface area contributed by atoms with Crippen molar-refractivity contribution < 1.29 is 9.47 Å². The van der Waals surface area contributed by atoms with E-state index in [1.165, 1.54) is 0 Å². The zero-order chi connectivity index (χ0) is 9.68. The van der Waals surface area contributed by atoms with Crippen LogP contribution in [0.15, 0.2) is 18.2 Å². The maximum atomic E-state index is 5.51. The predicted octanol–water partition coefficient (Wildman–Crippen LogP) is 1.30. The summed E-state index contributed by atoms with van der Waals surface area (Å²) in [5, 5.41) is 0. The standard InChI is InChI=1S/C10H15NO2/c1-12-7-9-4-3-8(6-11)5-10(9)13-2/h3-5H,6-7,11H2,1-2H3. The molecule has 0 spiro atoms.